The summed E-state index contributed by atoms with van der Waals surface area (Å²) in [4.78, 5) is 13.2. The Hall–Kier alpha value is -1.48. The molecule has 0 saturated heterocycles. The van der Waals surface area contributed by atoms with Crippen LogP contribution in [0.25, 0.3) is 0 Å². The smallest absolute Gasteiger partial charge is 0.335 e. The summed E-state index contributed by atoms with van der Waals surface area (Å²) in [6.45, 7) is 3.85. The Morgan fingerprint density at radius 2 is 2.33 bits per heavy atom. The summed E-state index contributed by atoms with van der Waals surface area (Å²) < 4.78 is 0. The van der Waals surface area contributed by atoms with E-state index in [0.29, 0.717) is 11.4 Å². The molecule has 1 aliphatic rings. The molecular weight excluding hydrogens is 250 g/mol. The highest BCUT2D eigenvalue weighted by Gasteiger charge is 2.20. The zero-order valence-corrected chi connectivity index (χ0v) is 11.1. The molecule has 1 N–H and O–H groups in total. The van der Waals surface area contributed by atoms with Gasteiger partial charge in [0.2, 0.25) is 0 Å². The standard InChI is InChI=1S/C14H16ClNO2/c1-10(4-6-15)9-16-7-5-11-8-12(14(17)18)2-3-13(11)16/h2-4,8H,5-7,9H2,1H3,(H,17,18)/b10-4+. The van der Waals surface area contributed by atoms with E-state index in [0.717, 1.165) is 30.8 Å². The van der Waals surface area contributed by atoms with E-state index < -0.39 is 5.97 Å². The third-order valence-electron chi connectivity index (χ3n) is 3.18. The Morgan fingerprint density at radius 3 is 3.00 bits per heavy atom. The zero-order chi connectivity index (χ0) is 13.1. The molecule has 0 radical (unpaired) electrons. The van der Waals surface area contributed by atoms with Crippen molar-refractivity contribution in [3.05, 3.63) is 41.0 Å². The fourth-order valence-electron chi connectivity index (χ4n) is 2.26. The third kappa shape index (κ3) is 2.67. The van der Waals surface area contributed by atoms with E-state index in [1.165, 1.54) is 5.57 Å². The first-order valence-electron chi connectivity index (χ1n) is 5.94. The lowest BCUT2D eigenvalue weighted by molar-refractivity contribution is 0.0697. The van der Waals surface area contributed by atoms with Gasteiger partial charge in [-0.25, -0.2) is 4.79 Å². The maximum absolute atomic E-state index is 10.9. The van der Waals surface area contributed by atoms with Crippen LogP contribution in [0.1, 0.15) is 22.8 Å². The summed E-state index contributed by atoms with van der Waals surface area (Å²) in [7, 11) is 0. The van der Waals surface area contributed by atoms with Gasteiger partial charge in [-0.2, -0.15) is 0 Å². The second-order valence-corrected chi connectivity index (χ2v) is 4.83. The molecule has 0 aliphatic carbocycles. The highest BCUT2D eigenvalue weighted by Crippen LogP contribution is 2.29. The first-order valence-corrected chi connectivity index (χ1v) is 6.48. The van der Waals surface area contributed by atoms with E-state index in [2.05, 4.69) is 11.8 Å². The molecular formula is C14H16ClNO2. The van der Waals surface area contributed by atoms with Crippen molar-refractivity contribution in [1.29, 1.82) is 0 Å². The molecule has 2 rings (SSSR count). The number of rotatable bonds is 4. The molecule has 1 aliphatic heterocycles. The monoisotopic (exact) mass is 265 g/mol. The van der Waals surface area contributed by atoms with E-state index in [1.807, 2.05) is 12.1 Å². The lowest BCUT2D eigenvalue weighted by Crippen LogP contribution is -2.22. The molecule has 0 aromatic heterocycles. The van der Waals surface area contributed by atoms with Gasteiger partial charge in [0.25, 0.3) is 0 Å². The number of fused-ring (bicyclic) bond motifs is 1. The number of alkyl halides is 1. The SMILES string of the molecule is C/C(=C\CCl)CN1CCc2cc(C(=O)O)ccc21. The first-order chi connectivity index (χ1) is 8.61. The number of anilines is 1. The molecule has 96 valence electrons. The number of allylic oxidation sites excluding steroid dienone is 1. The minimum absolute atomic E-state index is 0.364. The van der Waals surface area contributed by atoms with Crippen LogP contribution in [0.5, 0.6) is 0 Å². The Bertz CT molecular complexity index is 497. The lowest BCUT2D eigenvalue weighted by Gasteiger charge is -2.19. The van der Waals surface area contributed by atoms with Crippen molar-refractivity contribution in [2.45, 2.75) is 13.3 Å². The molecule has 0 fully saturated rings. The summed E-state index contributed by atoms with van der Waals surface area (Å²) in [5, 5.41) is 8.96. The number of hydrogen-bond donors (Lipinski definition) is 1. The van der Waals surface area contributed by atoms with E-state index in [9.17, 15) is 4.79 Å². The number of nitrogens with zero attached hydrogens (tertiary/aromatic N) is 1. The van der Waals surface area contributed by atoms with Gasteiger partial charge in [-0.1, -0.05) is 11.6 Å². The van der Waals surface area contributed by atoms with Crippen LogP contribution in [-0.2, 0) is 6.42 Å². The Balaban J connectivity index is 2.19. The summed E-state index contributed by atoms with van der Waals surface area (Å²) in [6, 6.07) is 5.35. The number of hydrogen-bond acceptors (Lipinski definition) is 2. The van der Waals surface area contributed by atoms with Crippen molar-refractivity contribution in [3.8, 4) is 0 Å². The quantitative estimate of drug-likeness (QED) is 0.672. The summed E-state index contributed by atoms with van der Waals surface area (Å²) in [6.07, 6.45) is 2.91. The number of halogens is 1. The molecule has 0 bridgehead atoms. The largest absolute Gasteiger partial charge is 0.478 e. The average molecular weight is 266 g/mol. The van der Waals surface area contributed by atoms with Crippen molar-refractivity contribution in [2.24, 2.45) is 0 Å². The van der Waals surface area contributed by atoms with Crippen LogP contribution in [0.3, 0.4) is 0 Å². The molecule has 3 nitrogen and oxygen atoms in total. The molecule has 18 heavy (non-hydrogen) atoms. The summed E-state index contributed by atoms with van der Waals surface area (Å²) in [5.74, 6) is -0.334. The number of carboxylic acids is 1. The van der Waals surface area contributed by atoms with Gasteiger partial charge in [0.05, 0.1) is 5.56 Å². The van der Waals surface area contributed by atoms with Crippen molar-refractivity contribution in [2.75, 3.05) is 23.9 Å². The van der Waals surface area contributed by atoms with E-state index in [1.54, 1.807) is 12.1 Å². The minimum atomic E-state index is -0.866. The van der Waals surface area contributed by atoms with Gasteiger partial charge in [0.1, 0.15) is 0 Å². The number of carbonyl (C=O) groups is 1. The summed E-state index contributed by atoms with van der Waals surface area (Å²) >= 11 is 5.68. The Morgan fingerprint density at radius 1 is 1.56 bits per heavy atom. The predicted molar refractivity (Wildman–Crippen MR) is 73.8 cm³/mol. The van der Waals surface area contributed by atoms with Gasteiger partial charge in [-0.05, 0) is 37.1 Å². The fourth-order valence-corrected chi connectivity index (χ4v) is 2.53. The van der Waals surface area contributed by atoms with Crippen LogP contribution < -0.4 is 4.90 Å². The molecule has 0 spiro atoms. The fraction of sp³-hybridized carbons (Fsp3) is 0.357. The van der Waals surface area contributed by atoms with Crippen molar-refractivity contribution in [1.82, 2.24) is 0 Å². The lowest BCUT2D eigenvalue weighted by atomic mass is 10.1. The van der Waals surface area contributed by atoms with Gasteiger partial charge in [-0.3, -0.25) is 0 Å². The second kappa shape index (κ2) is 5.44. The molecule has 0 saturated carbocycles. The number of benzene rings is 1. The van der Waals surface area contributed by atoms with Gasteiger partial charge >= 0.3 is 5.97 Å². The molecule has 1 aromatic carbocycles. The highest BCUT2D eigenvalue weighted by molar-refractivity contribution is 6.18. The average Bonchev–Trinajstić information content (AvgIpc) is 2.72. The zero-order valence-electron chi connectivity index (χ0n) is 10.3. The van der Waals surface area contributed by atoms with Crippen LogP contribution in [0.15, 0.2) is 29.8 Å². The molecule has 4 heteroatoms. The second-order valence-electron chi connectivity index (χ2n) is 4.52. The van der Waals surface area contributed by atoms with Crippen LogP contribution in [0.2, 0.25) is 0 Å². The van der Waals surface area contributed by atoms with Crippen LogP contribution in [-0.4, -0.2) is 30.0 Å². The normalized spacial score (nSPS) is 14.8. The van der Waals surface area contributed by atoms with E-state index in [4.69, 9.17) is 16.7 Å². The maximum atomic E-state index is 10.9. The molecule has 0 atom stereocenters. The van der Waals surface area contributed by atoms with Crippen LogP contribution in [0.4, 0.5) is 5.69 Å². The Kier molecular flexibility index (Phi) is 3.92. The maximum Gasteiger partial charge on any atom is 0.335 e. The topological polar surface area (TPSA) is 40.5 Å². The van der Waals surface area contributed by atoms with E-state index in [-0.39, 0.29) is 0 Å². The molecule has 0 unspecified atom stereocenters. The Labute approximate surface area is 112 Å². The molecule has 1 heterocycles. The van der Waals surface area contributed by atoms with E-state index >= 15 is 0 Å². The first kappa shape index (κ1) is 13.0. The van der Waals surface area contributed by atoms with Gasteiger partial charge in [0, 0.05) is 24.7 Å². The van der Waals surface area contributed by atoms with Crippen molar-refractivity contribution in [3.63, 3.8) is 0 Å². The van der Waals surface area contributed by atoms with Crippen molar-refractivity contribution >= 4 is 23.3 Å². The van der Waals surface area contributed by atoms with Crippen LogP contribution >= 0.6 is 11.6 Å². The van der Waals surface area contributed by atoms with Crippen LogP contribution in [0, 0.1) is 0 Å². The predicted octanol–water partition coefficient (Wildman–Crippen LogP) is 2.93. The molecule has 1 aromatic rings. The third-order valence-corrected chi connectivity index (χ3v) is 3.34. The highest BCUT2D eigenvalue weighted by atomic mass is 35.5. The van der Waals surface area contributed by atoms with Gasteiger partial charge in [0.15, 0.2) is 0 Å². The minimum Gasteiger partial charge on any atom is -0.478 e. The van der Waals surface area contributed by atoms with Gasteiger partial charge < -0.3 is 10.0 Å². The number of carboxylic acid groups (broad SMARTS) is 1. The summed E-state index contributed by atoms with van der Waals surface area (Å²) in [5.41, 5.74) is 3.86. The number of aromatic carboxylic acids is 1. The van der Waals surface area contributed by atoms with Crippen molar-refractivity contribution < 1.29 is 9.90 Å². The van der Waals surface area contributed by atoms with Gasteiger partial charge in [-0.15, -0.1) is 11.6 Å². The molecule has 0 amide bonds.